The summed E-state index contributed by atoms with van der Waals surface area (Å²) in [4.78, 5) is 10.6. The second kappa shape index (κ2) is 4.96. The summed E-state index contributed by atoms with van der Waals surface area (Å²) in [7, 11) is 1.69. The molecule has 6 nitrogen and oxygen atoms in total. The number of nitro groups is 1. The zero-order chi connectivity index (χ0) is 14.1. The van der Waals surface area contributed by atoms with Crippen molar-refractivity contribution in [3.8, 4) is 0 Å². The SMILES string of the molecule is Cn1cc([N+](=O)[O-])c(NC2CCCc3ccccc32)n1. The molecule has 0 spiro atoms. The van der Waals surface area contributed by atoms with E-state index in [0.29, 0.717) is 5.82 Å². The second-order valence-electron chi connectivity index (χ2n) is 5.08. The van der Waals surface area contributed by atoms with Crippen molar-refractivity contribution >= 4 is 11.5 Å². The highest BCUT2D eigenvalue weighted by Crippen LogP contribution is 2.34. The molecule has 1 aliphatic carbocycles. The Morgan fingerprint density at radius 2 is 2.25 bits per heavy atom. The third-order valence-corrected chi connectivity index (χ3v) is 3.69. The van der Waals surface area contributed by atoms with Gasteiger partial charge in [-0.05, 0) is 30.4 Å². The molecule has 0 saturated heterocycles. The van der Waals surface area contributed by atoms with Crippen molar-refractivity contribution in [2.75, 3.05) is 5.32 Å². The molecule has 0 radical (unpaired) electrons. The topological polar surface area (TPSA) is 73.0 Å². The predicted octanol–water partition coefficient (Wildman–Crippen LogP) is 2.82. The molecular formula is C14H16N4O2. The van der Waals surface area contributed by atoms with Gasteiger partial charge in [-0.15, -0.1) is 5.10 Å². The molecule has 0 fully saturated rings. The summed E-state index contributed by atoms with van der Waals surface area (Å²) >= 11 is 0. The van der Waals surface area contributed by atoms with Crippen LogP contribution in [0.5, 0.6) is 0 Å². The second-order valence-corrected chi connectivity index (χ2v) is 5.08. The van der Waals surface area contributed by atoms with Crippen LogP contribution in [0.25, 0.3) is 0 Å². The molecule has 104 valence electrons. The highest BCUT2D eigenvalue weighted by Gasteiger charge is 2.25. The van der Waals surface area contributed by atoms with Gasteiger partial charge in [-0.3, -0.25) is 14.8 Å². The molecular weight excluding hydrogens is 256 g/mol. The van der Waals surface area contributed by atoms with Gasteiger partial charge in [0.2, 0.25) is 5.82 Å². The van der Waals surface area contributed by atoms with Gasteiger partial charge in [0.15, 0.2) is 0 Å². The fourth-order valence-corrected chi connectivity index (χ4v) is 2.78. The number of nitrogens with one attached hydrogen (secondary N) is 1. The molecule has 1 unspecified atom stereocenters. The molecule has 6 heteroatoms. The molecule has 1 N–H and O–H groups in total. The summed E-state index contributed by atoms with van der Waals surface area (Å²) in [5.41, 5.74) is 2.56. The molecule has 3 rings (SSSR count). The number of aromatic nitrogens is 2. The molecule has 0 bridgehead atoms. The van der Waals surface area contributed by atoms with Crippen LogP contribution < -0.4 is 5.32 Å². The lowest BCUT2D eigenvalue weighted by molar-refractivity contribution is -0.384. The van der Waals surface area contributed by atoms with Gasteiger partial charge < -0.3 is 5.32 Å². The van der Waals surface area contributed by atoms with Crippen LogP contribution in [0, 0.1) is 10.1 Å². The Hall–Kier alpha value is -2.37. The molecule has 1 aromatic carbocycles. The van der Waals surface area contributed by atoms with Gasteiger partial charge in [-0.25, -0.2) is 0 Å². The number of rotatable bonds is 3. The fraction of sp³-hybridized carbons (Fsp3) is 0.357. The molecule has 0 aliphatic heterocycles. The van der Waals surface area contributed by atoms with Gasteiger partial charge in [0.25, 0.3) is 0 Å². The minimum Gasteiger partial charge on any atom is -0.356 e. The van der Waals surface area contributed by atoms with E-state index < -0.39 is 4.92 Å². The molecule has 2 aromatic rings. The summed E-state index contributed by atoms with van der Waals surface area (Å²) in [5.74, 6) is 0.346. The van der Waals surface area contributed by atoms with Crippen molar-refractivity contribution < 1.29 is 4.92 Å². The number of benzene rings is 1. The minimum atomic E-state index is -0.399. The van der Waals surface area contributed by atoms with Gasteiger partial charge >= 0.3 is 5.69 Å². The van der Waals surface area contributed by atoms with Crippen molar-refractivity contribution in [1.29, 1.82) is 0 Å². The van der Waals surface area contributed by atoms with Crippen LogP contribution in [0.1, 0.15) is 30.0 Å². The normalized spacial score (nSPS) is 17.6. The zero-order valence-corrected chi connectivity index (χ0v) is 11.2. The first-order valence-corrected chi connectivity index (χ1v) is 6.67. The summed E-state index contributed by atoms with van der Waals surface area (Å²) in [6, 6.07) is 8.33. The number of fused-ring (bicyclic) bond motifs is 1. The Morgan fingerprint density at radius 1 is 1.45 bits per heavy atom. The van der Waals surface area contributed by atoms with Gasteiger partial charge in [-0.1, -0.05) is 24.3 Å². The van der Waals surface area contributed by atoms with Crippen LogP contribution in [0.4, 0.5) is 11.5 Å². The first-order valence-electron chi connectivity index (χ1n) is 6.67. The predicted molar refractivity (Wildman–Crippen MR) is 75.6 cm³/mol. The van der Waals surface area contributed by atoms with Crippen molar-refractivity contribution in [1.82, 2.24) is 9.78 Å². The zero-order valence-electron chi connectivity index (χ0n) is 11.2. The standard InChI is InChI=1S/C14H16N4O2/c1-17-9-13(18(19)20)14(16-17)15-12-8-4-6-10-5-2-3-7-11(10)12/h2-3,5,7,9,12H,4,6,8H2,1H3,(H,15,16). The molecule has 1 aliphatic rings. The average molecular weight is 272 g/mol. The maximum atomic E-state index is 11.0. The Labute approximate surface area is 116 Å². The lowest BCUT2D eigenvalue weighted by Gasteiger charge is -2.26. The van der Waals surface area contributed by atoms with Gasteiger partial charge in [-0.2, -0.15) is 0 Å². The lowest BCUT2D eigenvalue weighted by Crippen LogP contribution is -2.18. The number of hydrogen-bond acceptors (Lipinski definition) is 4. The van der Waals surface area contributed by atoms with Crippen LogP contribution in [0.3, 0.4) is 0 Å². The van der Waals surface area contributed by atoms with E-state index >= 15 is 0 Å². The van der Waals surface area contributed by atoms with E-state index in [1.807, 2.05) is 12.1 Å². The number of aryl methyl sites for hydroxylation is 2. The van der Waals surface area contributed by atoms with Crippen molar-refractivity contribution in [3.05, 3.63) is 51.7 Å². The minimum absolute atomic E-state index is 0.0237. The maximum Gasteiger partial charge on any atom is 0.330 e. The quantitative estimate of drug-likeness (QED) is 0.688. The van der Waals surface area contributed by atoms with E-state index in [0.717, 1.165) is 19.3 Å². The van der Waals surface area contributed by atoms with Crippen molar-refractivity contribution in [3.63, 3.8) is 0 Å². The van der Waals surface area contributed by atoms with Crippen LogP contribution in [0.2, 0.25) is 0 Å². The molecule has 1 aromatic heterocycles. The third-order valence-electron chi connectivity index (χ3n) is 3.69. The van der Waals surface area contributed by atoms with E-state index in [1.54, 1.807) is 7.05 Å². The first kappa shape index (κ1) is 12.7. The molecule has 0 amide bonds. The largest absolute Gasteiger partial charge is 0.356 e. The van der Waals surface area contributed by atoms with Gasteiger partial charge in [0, 0.05) is 7.05 Å². The van der Waals surface area contributed by atoms with Gasteiger partial charge in [0.1, 0.15) is 6.20 Å². The Bertz CT molecular complexity index is 650. The molecule has 1 atom stereocenters. The van der Waals surface area contributed by atoms with Crippen LogP contribution in [-0.4, -0.2) is 14.7 Å². The smallest absolute Gasteiger partial charge is 0.330 e. The Kier molecular flexibility index (Phi) is 3.14. The highest BCUT2D eigenvalue weighted by molar-refractivity contribution is 5.56. The monoisotopic (exact) mass is 272 g/mol. The average Bonchev–Trinajstić information content (AvgIpc) is 2.80. The summed E-state index contributed by atoms with van der Waals surface area (Å²) in [5, 5.41) is 18.4. The highest BCUT2D eigenvalue weighted by atomic mass is 16.6. The summed E-state index contributed by atoms with van der Waals surface area (Å²) in [6.07, 6.45) is 4.54. The first-order chi connectivity index (χ1) is 9.65. The molecule has 1 heterocycles. The third kappa shape index (κ3) is 2.24. The van der Waals surface area contributed by atoms with Crippen molar-refractivity contribution in [2.45, 2.75) is 25.3 Å². The molecule has 0 saturated carbocycles. The van der Waals surface area contributed by atoms with Crippen LogP contribution >= 0.6 is 0 Å². The van der Waals surface area contributed by atoms with E-state index in [-0.39, 0.29) is 11.7 Å². The Balaban J connectivity index is 1.91. The summed E-state index contributed by atoms with van der Waals surface area (Å²) < 4.78 is 1.47. The van der Waals surface area contributed by atoms with E-state index in [1.165, 1.54) is 22.0 Å². The van der Waals surface area contributed by atoms with Gasteiger partial charge in [0.05, 0.1) is 11.0 Å². The van der Waals surface area contributed by atoms with Crippen molar-refractivity contribution in [2.24, 2.45) is 7.05 Å². The summed E-state index contributed by atoms with van der Waals surface area (Å²) in [6.45, 7) is 0. The number of hydrogen-bond donors (Lipinski definition) is 1. The number of anilines is 1. The van der Waals surface area contributed by atoms with E-state index in [9.17, 15) is 10.1 Å². The van der Waals surface area contributed by atoms with E-state index in [4.69, 9.17) is 0 Å². The Morgan fingerprint density at radius 3 is 3.05 bits per heavy atom. The fourth-order valence-electron chi connectivity index (χ4n) is 2.78. The van der Waals surface area contributed by atoms with E-state index in [2.05, 4.69) is 22.5 Å². The van der Waals surface area contributed by atoms with Crippen LogP contribution in [-0.2, 0) is 13.5 Å². The maximum absolute atomic E-state index is 11.0. The molecule has 20 heavy (non-hydrogen) atoms. The number of nitrogens with zero attached hydrogens (tertiary/aromatic N) is 3. The lowest BCUT2D eigenvalue weighted by atomic mass is 9.88. The van der Waals surface area contributed by atoms with Crippen LogP contribution in [0.15, 0.2) is 30.5 Å².